The molecule has 2 aromatic carbocycles. The molecule has 1 N–H and O–H groups in total. The molecule has 0 radical (unpaired) electrons. The van der Waals surface area contributed by atoms with Crippen LogP contribution in [0.1, 0.15) is 50.5 Å². The van der Waals surface area contributed by atoms with Crippen LogP contribution in [-0.2, 0) is 17.8 Å². The van der Waals surface area contributed by atoms with Gasteiger partial charge in [-0.05, 0) is 30.5 Å². The van der Waals surface area contributed by atoms with E-state index in [4.69, 9.17) is 4.98 Å². The Bertz CT molecular complexity index is 854. The van der Waals surface area contributed by atoms with Crippen molar-refractivity contribution in [2.75, 3.05) is 0 Å². The molecule has 0 saturated heterocycles. The molecule has 0 aliphatic heterocycles. The number of carbonyl (C=O) groups excluding carboxylic acids is 1. The number of carbonyl (C=O) groups is 1. The number of aryl methyl sites for hydroxylation is 1. The average molecular weight is 349 g/mol. The minimum Gasteiger partial charge on any atom is -0.346 e. The van der Waals surface area contributed by atoms with Crippen molar-refractivity contribution in [2.45, 2.75) is 52.1 Å². The second kappa shape index (κ2) is 8.65. The molecule has 3 aromatic rings. The van der Waals surface area contributed by atoms with E-state index >= 15 is 0 Å². The summed E-state index contributed by atoms with van der Waals surface area (Å²) in [7, 11) is 0. The molecular formula is C22H27N3O. The molecule has 0 aliphatic rings. The Morgan fingerprint density at radius 1 is 1.08 bits per heavy atom. The van der Waals surface area contributed by atoms with Gasteiger partial charge in [-0.1, -0.05) is 62.2 Å². The van der Waals surface area contributed by atoms with E-state index in [1.54, 1.807) is 6.92 Å². The number of para-hydroxylation sites is 2. The zero-order chi connectivity index (χ0) is 18.4. The lowest BCUT2D eigenvalue weighted by atomic mass is 10.1. The Morgan fingerprint density at radius 2 is 1.81 bits per heavy atom. The zero-order valence-electron chi connectivity index (χ0n) is 15.6. The van der Waals surface area contributed by atoms with Crippen molar-refractivity contribution in [3.8, 4) is 0 Å². The summed E-state index contributed by atoms with van der Waals surface area (Å²) < 4.78 is 2.29. The minimum absolute atomic E-state index is 0.0295. The lowest BCUT2D eigenvalue weighted by Crippen LogP contribution is -2.30. The van der Waals surface area contributed by atoms with Gasteiger partial charge in [0.15, 0.2) is 0 Å². The third-order valence-electron chi connectivity index (χ3n) is 4.64. The van der Waals surface area contributed by atoms with Gasteiger partial charge < -0.3 is 9.88 Å². The molecule has 0 bridgehead atoms. The number of unbranched alkanes of at least 4 members (excludes halogenated alkanes) is 2. The SMILES string of the molecule is CCCCCn1c([C@@H](Cc2ccccc2)NC(C)=O)nc2ccccc21. The third-order valence-corrected chi connectivity index (χ3v) is 4.64. The van der Waals surface area contributed by atoms with Crippen LogP contribution in [0.4, 0.5) is 0 Å². The number of benzene rings is 2. The number of aromatic nitrogens is 2. The number of nitrogens with one attached hydrogen (secondary N) is 1. The molecule has 1 heterocycles. The van der Waals surface area contributed by atoms with Gasteiger partial charge in [-0.25, -0.2) is 4.98 Å². The minimum atomic E-state index is -0.135. The first-order valence-corrected chi connectivity index (χ1v) is 9.45. The molecule has 0 unspecified atom stereocenters. The third kappa shape index (κ3) is 4.31. The summed E-state index contributed by atoms with van der Waals surface area (Å²) in [5.41, 5.74) is 3.32. The van der Waals surface area contributed by atoms with Crippen LogP contribution in [0.5, 0.6) is 0 Å². The van der Waals surface area contributed by atoms with Crippen molar-refractivity contribution in [1.82, 2.24) is 14.9 Å². The average Bonchev–Trinajstić information content (AvgIpc) is 3.01. The number of nitrogens with zero attached hydrogens (tertiary/aromatic N) is 2. The second-order valence-corrected chi connectivity index (χ2v) is 6.76. The van der Waals surface area contributed by atoms with Gasteiger partial charge in [0.25, 0.3) is 0 Å². The standard InChI is InChI=1S/C22H27N3O/c1-3-4-10-15-25-21-14-9-8-13-19(21)24-22(25)20(23-17(2)26)16-18-11-6-5-7-12-18/h5-9,11-14,20H,3-4,10,15-16H2,1-2H3,(H,23,26)/t20-/m1/s1. The van der Waals surface area contributed by atoms with Crippen molar-refractivity contribution in [3.63, 3.8) is 0 Å². The summed E-state index contributed by atoms with van der Waals surface area (Å²) in [5.74, 6) is 0.916. The molecule has 3 rings (SSSR count). The summed E-state index contributed by atoms with van der Waals surface area (Å²) in [6.07, 6.45) is 4.22. The lowest BCUT2D eigenvalue weighted by Gasteiger charge is -2.20. The van der Waals surface area contributed by atoms with Crippen molar-refractivity contribution in [3.05, 3.63) is 66.0 Å². The van der Waals surface area contributed by atoms with Crippen molar-refractivity contribution in [1.29, 1.82) is 0 Å². The highest BCUT2D eigenvalue weighted by Crippen LogP contribution is 2.24. The molecule has 26 heavy (non-hydrogen) atoms. The van der Waals surface area contributed by atoms with Crippen LogP contribution in [-0.4, -0.2) is 15.5 Å². The molecule has 4 nitrogen and oxygen atoms in total. The molecule has 4 heteroatoms. The topological polar surface area (TPSA) is 46.9 Å². The van der Waals surface area contributed by atoms with Crippen molar-refractivity contribution in [2.24, 2.45) is 0 Å². The van der Waals surface area contributed by atoms with Crippen LogP contribution in [0, 0.1) is 0 Å². The number of fused-ring (bicyclic) bond motifs is 1. The Morgan fingerprint density at radius 3 is 2.54 bits per heavy atom. The Hall–Kier alpha value is -2.62. The maximum atomic E-state index is 11.9. The Labute approximate surface area is 155 Å². The van der Waals surface area contributed by atoms with Crippen LogP contribution >= 0.6 is 0 Å². The number of imidazole rings is 1. The van der Waals surface area contributed by atoms with Gasteiger partial charge in [0.2, 0.25) is 5.91 Å². The molecule has 1 amide bonds. The van der Waals surface area contributed by atoms with E-state index in [-0.39, 0.29) is 11.9 Å². The van der Waals surface area contributed by atoms with Crippen LogP contribution in [0.15, 0.2) is 54.6 Å². The maximum Gasteiger partial charge on any atom is 0.217 e. The summed E-state index contributed by atoms with van der Waals surface area (Å²) in [5, 5.41) is 3.11. The fraction of sp³-hybridized carbons (Fsp3) is 0.364. The van der Waals surface area contributed by atoms with Gasteiger partial charge in [0, 0.05) is 13.5 Å². The van der Waals surface area contributed by atoms with Crippen LogP contribution in [0.2, 0.25) is 0 Å². The first-order chi connectivity index (χ1) is 12.7. The van der Waals surface area contributed by atoms with E-state index in [9.17, 15) is 4.79 Å². The van der Waals surface area contributed by atoms with E-state index in [1.807, 2.05) is 30.3 Å². The van der Waals surface area contributed by atoms with E-state index < -0.39 is 0 Å². The molecular weight excluding hydrogens is 322 g/mol. The van der Waals surface area contributed by atoms with Crippen LogP contribution in [0.25, 0.3) is 11.0 Å². The Balaban J connectivity index is 1.99. The zero-order valence-corrected chi connectivity index (χ0v) is 15.6. The fourth-order valence-corrected chi connectivity index (χ4v) is 3.42. The van der Waals surface area contributed by atoms with Crippen molar-refractivity contribution >= 4 is 16.9 Å². The monoisotopic (exact) mass is 349 g/mol. The predicted molar refractivity (Wildman–Crippen MR) is 106 cm³/mol. The van der Waals surface area contributed by atoms with Gasteiger partial charge in [0.05, 0.1) is 17.1 Å². The second-order valence-electron chi connectivity index (χ2n) is 6.76. The first kappa shape index (κ1) is 18.2. The van der Waals surface area contributed by atoms with Crippen LogP contribution < -0.4 is 5.32 Å². The molecule has 0 fully saturated rings. The molecule has 0 aliphatic carbocycles. The number of hydrogen-bond acceptors (Lipinski definition) is 2. The summed E-state index contributed by atoms with van der Waals surface area (Å²) in [6, 6.07) is 18.4. The normalized spacial score (nSPS) is 12.2. The summed E-state index contributed by atoms with van der Waals surface area (Å²) in [4.78, 5) is 16.7. The maximum absolute atomic E-state index is 11.9. The van der Waals surface area contributed by atoms with Crippen molar-refractivity contribution < 1.29 is 4.79 Å². The van der Waals surface area contributed by atoms with Gasteiger partial charge in [-0.2, -0.15) is 0 Å². The molecule has 1 atom stereocenters. The highest BCUT2D eigenvalue weighted by molar-refractivity contribution is 5.77. The van der Waals surface area contributed by atoms with E-state index in [2.05, 4.69) is 41.1 Å². The van der Waals surface area contributed by atoms with Gasteiger partial charge >= 0.3 is 0 Å². The number of rotatable bonds is 8. The smallest absolute Gasteiger partial charge is 0.217 e. The van der Waals surface area contributed by atoms with Gasteiger partial charge in [0.1, 0.15) is 5.82 Å². The molecule has 0 spiro atoms. The highest BCUT2D eigenvalue weighted by atomic mass is 16.1. The quantitative estimate of drug-likeness (QED) is 0.602. The van der Waals surface area contributed by atoms with Gasteiger partial charge in [-0.15, -0.1) is 0 Å². The number of hydrogen-bond donors (Lipinski definition) is 1. The lowest BCUT2D eigenvalue weighted by molar-refractivity contribution is -0.119. The number of amides is 1. The first-order valence-electron chi connectivity index (χ1n) is 9.45. The highest BCUT2D eigenvalue weighted by Gasteiger charge is 2.21. The molecule has 136 valence electrons. The summed E-state index contributed by atoms with van der Waals surface area (Å²) >= 11 is 0. The predicted octanol–water partition coefficient (Wildman–Crippen LogP) is 4.65. The van der Waals surface area contributed by atoms with Gasteiger partial charge in [-0.3, -0.25) is 4.79 Å². The Kier molecular flexibility index (Phi) is 6.05. The van der Waals surface area contributed by atoms with E-state index in [1.165, 1.54) is 18.4 Å². The van der Waals surface area contributed by atoms with E-state index in [0.29, 0.717) is 0 Å². The van der Waals surface area contributed by atoms with E-state index in [0.717, 1.165) is 36.2 Å². The molecule has 0 saturated carbocycles. The van der Waals surface area contributed by atoms with Crippen LogP contribution in [0.3, 0.4) is 0 Å². The summed E-state index contributed by atoms with van der Waals surface area (Å²) in [6.45, 7) is 4.71. The largest absolute Gasteiger partial charge is 0.346 e. The fourth-order valence-electron chi connectivity index (χ4n) is 3.42. The molecule has 1 aromatic heterocycles.